The second-order valence-electron chi connectivity index (χ2n) is 6.51. The molecule has 1 aliphatic rings. The van der Waals surface area contributed by atoms with Crippen LogP contribution in [-0.4, -0.2) is 0 Å². The van der Waals surface area contributed by atoms with Gasteiger partial charge in [-0.25, -0.2) is 0 Å². The SMILES string of the molecule is CC(C)C(C)c1ccc2c3c(cccc13)-c1ccccc1-2. The van der Waals surface area contributed by atoms with E-state index < -0.39 is 0 Å². The van der Waals surface area contributed by atoms with Crippen molar-refractivity contribution < 1.29 is 0 Å². The summed E-state index contributed by atoms with van der Waals surface area (Å²) in [4.78, 5) is 0. The first-order chi connectivity index (χ1) is 10.2. The number of rotatable bonds is 2. The summed E-state index contributed by atoms with van der Waals surface area (Å²) in [6.07, 6.45) is 0. The highest BCUT2D eigenvalue weighted by molar-refractivity contribution is 6.16. The zero-order valence-electron chi connectivity index (χ0n) is 12.9. The maximum atomic E-state index is 2.34. The Hall–Kier alpha value is -2.08. The number of benzene rings is 3. The van der Waals surface area contributed by atoms with Crippen LogP contribution in [0.2, 0.25) is 0 Å². The Labute approximate surface area is 126 Å². The monoisotopic (exact) mass is 272 g/mol. The Morgan fingerprint density at radius 3 is 1.90 bits per heavy atom. The lowest BCUT2D eigenvalue weighted by atomic mass is 9.85. The molecule has 104 valence electrons. The van der Waals surface area contributed by atoms with Crippen LogP contribution in [0.5, 0.6) is 0 Å². The fourth-order valence-electron chi connectivity index (χ4n) is 3.59. The van der Waals surface area contributed by atoms with E-state index in [2.05, 4.69) is 75.4 Å². The van der Waals surface area contributed by atoms with Gasteiger partial charge < -0.3 is 0 Å². The highest BCUT2D eigenvalue weighted by Crippen LogP contribution is 2.48. The van der Waals surface area contributed by atoms with Gasteiger partial charge in [-0.1, -0.05) is 75.4 Å². The lowest BCUT2D eigenvalue weighted by molar-refractivity contribution is 0.538. The van der Waals surface area contributed by atoms with E-state index in [4.69, 9.17) is 0 Å². The van der Waals surface area contributed by atoms with E-state index in [0.29, 0.717) is 11.8 Å². The standard InChI is InChI=1S/C21H20/c1-13(2)14(3)15-11-12-20-17-8-5-4-7-16(17)19-10-6-9-18(15)21(19)20/h4-14H,1-3H3. The molecule has 3 aromatic carbocycles. The predicted octanol–water partition coefficient (Wildman–Crippen LogP) is 6.25. The van der Waals surface area contributed by atoms with Gasteiger partial charge in [0.05, 0.1) is 0 Å². The van der Waals surface area contributed by atoms with Crippen LogP contribution in [0.25, 0.3) is 33.0 Å². The van der Waals surface area contributed by atoms with Gasteiger partial charge in [0.15, 0.2) is 0 Å². The fraction of sp³-hybridized carbons (Fsp3) is 0.238. The molecule has 0 heterocycles. The van der Waals surface area contributed by atoms with Gasteiger partial charge in [0, 0.05) is 0 Å². The van der Waals surface area contributed by atoms with Gasteiger partial charge in [-0.05, 0) is 50.4 Å². The molecule has 4 rings (SSSR count). The first-order valence-corrected chi connectivity index (χ1v) is 7.84. The highest BCUT2D eigenvalue weighted by Gasteiger charge is 2.23. The molecule has 0 amide bonds. The van der Waals surface area contributed by atoms with Gasteiger partial charge in [0.25, 0.3) is 0 Å². The van der Waals surface area contributed by atoms with Crippen LogP contribution in [-0.2, 0) is 0 Å². The third-order valence-corrected chi connectivity index (χ3v) is 5.07. The Kier molecular flexibility index (Phi) is 2.68. The Morgan fingerprint density at radius 2 is 1.24 bits per heavy atom. The fourth-order valence-corrected chi connectivity index (χ4v) is 3.59. The Morgan fingerprint density at radius 1 is 0.619 bits per heavy atom. The number of fused-ring (bicyclic) bond motifs is 3. The molecule has 0 N–H and O–H groups in total. The summed E-state index contributed by atoms with van der Waals surface area (Å²) in [5.74, 6) is 1.24. The molecular weight excluding hydrogens is 252 g/mol. The van der Waals surface area contributed by atoms with Crippen LogP contribution in [0.4, 0.5) is 0 Å². The highest BCUT2D eigenvalue weighted by atomic mass is 14.3. The molecule has 3 aromatic rings. The van der Waals surface area contributed by atoms with Crippen LogP contribution in [0.15, 0.2) is 54.6 Å². The summed E-state index contributed by atoms with van der Waals surface area (Å²) in [5, 5.41) is 2.88. The third-order valence-electron chi connectivity index (χ3n) is 5.07. The summed E-state index contributed by atoms with van der Waals surface area (Å²) in [5.41, 5.74) is 7.05. The molecule has 0 nitrogen and oxygen atoms in total. The third kappa shape index (κ3) is 1.68. The largest absolute Gasteiger partial charge is 0.0622 e. The van der Waals surface area contributed by atoms with Gasteiger partial charge in [0.1, 0.15) is 0 Å². The maximum absolute atomic E-state index is 2.34. The zero-order chi connectivity index (χ0) is 14.6. The number of hydrogen-bond donors (Lipinski definition) is 0. The predicted molar refractivity (Wildman–Crippen MR) is 91.6 cm³/mol. The molecule has 0 radical (unpaired) electrons. The first-order valence-electron chi connectivity index (χ1n) is 7.84. The van der Waals surface area contributed by atoms with Crippen molar-refractivity contribution in [1.29, 1.82) is 0 Å². The van der Waals surface area contributed by atoms with Crippen molar-refractivity contribution in [2.75, 3.05) is 0 Å². The molecule has 0 bridgehead atoms. The summed E-state index contributed by atoms with van der Waals surface area (Å²) >= 11 is 0. The van der Waals surface area contributed by atoms with Gasteiger partial charge in [0.2, 0.25) is 0 Å². The van der Waals surface area contributed by atoms with Crippen molar-refractivity contribution in [1.82, 2.24) is 0 Å². The topological polar surface area (TPSA) is 0 Å². The molecule has 1 aliphatic carbocycles. The van der Waals surface area contributed by atoms with Gasteiger partial charge >= 0.3 is 0 Å². The van der Waals surface area contributed by atoms with Gasteiger partial charge in [-0.2, -0.15) is 0 Å². The lowest BCUT2D eigenvalue weighted by Crippen LogP contribution is -2.02. The molecule has 0 saturated heterocycles. The summed E-state index contributed by atoms with van der Waals surface area (Å²) in [6, 6.07) is 20.2. The quantitative estimate of drug-likeness (QED) is 0.405. The van der Waals surface area contributed by atoms with Gasteiger partial charge in [-0.3, -0.25) is 0 Å². The average Bonchev–Trinajstić information content (AvgIpc) is 2.84. The number of hydrogen-bond acceptors (Lipinski definition) is 0. The lowest BCUT2D eigenvalue weighted by Gasteiger charge is -2.19. The molecule has 0 spiro atoms. The molecule has 21 heavy (non-hydrogen) atoms. The minimum absolute atomic E-state index is 0.581. The van der Waals surface area contributed by atoms with Crippen molar-refractivity contribution in [3.05, 3.63) is 60.2 Å². The normalized spacial score (nSPS) is 13.7. The smallest absolute Gasteiger partial charge is 0.00235 e. The molecule has 0 saturated carbocycles. The van der Waals surface area contributed by atoms with E-state index in [0.717, 1.165) is 0 Å². The van der Waals surface area contributed by atoms with E-state index in [-0.39, 0.29) is 0 Å². The van der Waals surface area contributed by atoms with E-state index in [9.17, 15) is 0 Å². The molecule has 0 aliphatic heterocycles. The molecule has 1 atom stereocenters. The van der Waals surface area contributed by atoms with Crippen molar-refractivity contribution in [2.45, 2.75) is 26.7 Å². The Balaban J connectivity index is 2.09. The van der Waals surface area contributed by atoms with E-state index >= 15 is 0 Å². The molecule has 0 aromatic heterocycles. The second kappa shape index (κ2) is 4.46. The van der Waals surface area contributed by atoms with Crippen LogP contribution >= 0.6 is 0 Å². The molecule has 0 fully saturated rings. The van der Waals surface area contributed by atoms with Crippen molar-refractivity contribution >= 4 is 10.8 Å². The van der Waals surface area contributed by atoms with Crippen LogP contribution in [0.1, 0.15) is 32.3 Å². The minimum atomic E-state index is 0.581. The summed E-state index contributed by atoms with van der Waals surface area (Å²) in [6.45, 7) is 6.96. The van der Waals surface area contributed by atoms with Crippen molar-refractivity contribution in [2.24, 2.45) is 5.92 Å². The summed E-state index contributed by atoms with van der Waals surface area (Å²) < 4.78 is 0. The van der Waals surface area contributed by atoms with Crippen molar-refractivity contribution in [3.8, 4) is 22.3 Å². The summed E-state index contributed by atoms with van der Waals surface area (Å²) in [7, 11) is 0. The first kappa shape index (κ1) is 12.6. The molecular formula is C21H20. The second-order valence-corrected chi connectivity index (χ2v) is 6.51. The Bertz CT molecular complexity index is 811. The van der Waals surface area contributed by atoms with Crippen LogP contribution < -0.4 is 0 Å². The minimum Gasteiger partial charge on any atom is -0.0622 e. The van der Waals surface area contributed by atoms with Crippen LogP contribution in [0.3, 0.4) is 0 Å². The zero-order valence-corrected chi connectivity index (χ0v) is 12.9. The van der Waals surface area contributed by atoms with E-state index in [1.54, 1.807) is 0 Å². The van der Waals surface area contributed by atoms with Gasteiger partial charge in [-0.15, -0.1) is 0 Å². The van der Waals surface area contributed by atoms with Crippen LogP contribution in [0, 0.1) is 5.92 Å². The van der Waals surface area contributed by atoms with E-state index in [1.165, 1.54) is 38.6 Å². The molecule has 0 heteroatoms. The average molecular weight is 272 g/mol. The molecule has 1 unspecified atom stereocenters. The maximum Gasteiger partial charge on any atom is -0.00235 e. The van der Waals surface area contributed by atoms with E-state index in [1.807, 2.05) is 0 Å². The van der Waals surface area contributed by atoms with Crippen molar-refractivity contribution in [3.63, 3.8) is 0 Å².